The summed E-state index contributed by atoms with van der Waals surface area (Å²) >= 11 is 0. The van der Waals surface area contributed by atoms with Gasteiger partial charge in [0.15, 0.2) is 5.78 Å². The molecule has 0 aliphatic carbocycles. The summed E-state index contributed by atoms with van der Waals surface area (Å²) in [5.74, 6) is -0.584. The number of nitrogens with two attached hydrogens (primary N) is 1. The molecule has 5 heteroatoms. The molecule has 0 fully saturated rings. The van der Waals surface area contributed by atoms with Crippen LogP contribution in [-0.4, -0.2) is 29.0 Å². The van der Waals surface area contributed by atoms with Crippen LogP contribution >= 0.6 is 0 Å². The number of imide groups is 1. The van der Waals surface area contributed by atoms with Gasteiger partial charge >= 0.3 is 0 Å². The molecule has 1 aliphatic heterocycles. The molecule has 0 atom stereocenters. The van der Waals surface area contributed by atoms with E-state index in [1.54, 1.807) is 60.7 Å². The number of carbonyl (C=O) groups is 3. The highest BCUT2D eigenvalue weighted by Crippen LogP contribution is 2.22. The number of ketones is 1. The number of allylic oxidation sites excluding steroid dienone is 1. The van der Waals surface area contributed by atoms with Crippen LogP contribution in [0.25, 0.3) is 0 Å². The topological polar surface area (TPSA) is 80.5 Å². The molecule has 5 nitrogen and oxygen atoms in total. The Hall–Kier alpha value is -3.21. The second-order valence-electron chi connectivity index (χ2n) is 5.78. The number of nitrogen functional groups attached to an aromatic ring is 1. The fraction of sp³-hybridized carbons (Fsp3) is 0.150. The summed E-state index contributed by atoms with van der Waals surface area (Å²) in [4.78, 5) is 37.8. The normalized spacial score (nSPS) is 13.5. The summed E-state index contributed by atoms with van der Waals surface area (Å²) in [5.41, 5.74) is 7.65. The van der Waals surface area contributed by atoms with E-state index in [-0.39, 0.29) is 24.0 Å². The molecule has 0 spiro atoms. The quantitative estimate of drug-likeness (QED) is 0.381. The molecule has 0 unspecified atom stereocenters. The maximum atomic E-state index is 12.2. The molecule has 1 heterocycles. The summed E-state index contributed by atoms with van der Waals surface area (Å²) in [7, 11) is 0. The van der Waals surface area contributed by atoms with Crippen molar-refractivity contribution in [2.75, 3.05) is 12.3 Å². The maximum Gasteiger partial charge on any atom is 0.261 e. The van der Waals surface area contributed by atoms with Crippen molar-refractivity contribution in [1.29, 1.82) is 0 Å². The third kappa shape index (κ3) is 3.35. The van der Waals surface area contributed by atoms with E-state index in [0.717, 1.165) is 0 Å². The molecule has 0 saturated heterocycles. The third-order valence-electron chi connectivity index (χ3n) is 4.13. The third-order valence-corrected chi connectivity index (χ3v) is 4.13. The first-order chi connectivity index (χ1) is 12.1. The van der Waals surface area contributed by atoms with E-state index in [1.165, 1.54) is 4.90 Å². The largest absolute Gasteiger partial charge is 0.398 e. The van der Waals surface area contributed by atoms with Gasteiger partial charge in [-0.15, -0.1) is 0 Å². The summed E-state index contributed by atoms with van der Waals surface area (Å²) in [6.07, 6.45) is 4.28. The van der Waals surface area contributed by atoms with Crippen LogP contribution in [0.4, 0.5) is 5.69 Å². The minimum atomic E-state index is -0.262. The van der Waals surface area contributed by atoms with Gasteiger partial charge in [0.25, 0.3) is 11.8 Å². The zero-order valence-electron chi connectivity index (χ0n) is 13.6. The zero-order valence-corrected chi connectivity index (χ0v) is 13.6. The first-order valence-electron chi connectivity index (χ1n) is 8.07. The van der Waals surface area contributed by atoms with Crippen LogP contribution in [0.1, 0.15) is 43.9 Å². The van der Waals surface area contributed by atoms with Gasteiger partial charge < -0.3 is 5.73 Å². The second-order valence-corrected chi connectivity index (χ2v) is 5.78. The van der Waals surface area contributed by atoms with Gasteiger partial charge in [-0.25, -0.2) is 0 Å². The maximum absolute atomic E-state index is 12.2. The lowest BCUT2D eigenvalue weighted by Gasteiger charge is -2.11. The predicted molar refractivity (Wildman–Crippen MR) is 95.4 cm³/mol. The zero-order chi connectivity index (χ0) is 17.8. The Morgan fingerprint density at radius 3 is 2.16 bits per heavy atom. The Balaban J connectivity index is 1.53. The Kier molecular flexibility index (Phi) is 4.75. The Labute approximate surface area is 145 Å². The number of amides is 2. The van der Waals surface area contributed by atoms with Crippen LogP contribution in [0.5, 0.6) is 0 Å². The van der Waals surface area contributed by atoms with Crippen LogP contribution in [0, 0.1) is 0 Å². The number of anilines is 1. The SMILES string of the molecule is Nc1ccccc1C(=O)C/C=C/CCN1C(=O)c2ccccc2C1=O. The van der Waals surface area contributed by atoms with E-state index in [4.69, 9.17) is 5.73 Å². The molecule has 0 radical (unpaired) electrons. The van der Waals surface area contributed by atoms with Crippen molar-refractivity contribution in [3.8, 4) is 0 Å². The minimum absolute atomic E-state index is 0.0601. The van der Waals surface area contributed by atoms with Crippen molar-refractivity contribution in [2.45, 2.75) is 12.8 Å². The van der Waals surface area contributed by atoms with E-state index >= 15 is 0 Å². The number of carbonyl (C=O) groups excluding carboxylic acids is 3. The van der Waals surface area contributed by atoms with Crippen LogP contribution in [0.2, 0.25) is 0 Å². The number of rotatable bonds is 6. The molecular formula is C20H18N2O3. The number of benzene rings is 2. The first-order valence-corrected chi connectivity index (χ1v) is 8.07. The molecule has 25 heavy (non-hydrogen) atoms. The van der Waals surface area contributed by atoms with Gasteiger partial charge in [0.05, 0.1) is 11.1 Å². The molecule has 0 aromatic heterocycles. The molecule has 2 amide bonds. The lowest BCUT2D eigenvalue weighted by molar-refractivity contribution is 0.0656. The van der Waals surface area contributed by atoms with Gasteiger partial charge in [-0.3, -0.25) is 19.3 Å². The van der Waals surface area contributed by atoms with Crippen LogP contribution in [0.3, 0.4) is 0 Å². The number of nitrogens with zero attached hydrogens (tertiary/aromatic N) is 1. The van der Waals surface area contributed by atoms with E-state index < -0.39 is 0 Å². The van der Waals surface area contributed by atoms with Crippen molar-refractivity contribution >= 4 is 23.3 Å². The van der Waals surface area contributed by atoms with Gasteiger partial charge in [-0.1, -0.05) is 36.4 Å². The lowest BCUT2D eigenvalue weighted by atomic mass is 10.1. The molecule has 0 saturated carbocycles. The smallest absolute Gasteiger partial charge is 0.261 e. The standard InChI is InChI=1S/C20H18N2O3/c21-17-11-6-5-10-16(17)18(23)12-2-1-7-13-22-19(24)14-8-3-4-9-15(14)20(22)25/h1-6,8-11H,7,12-13,21H2/b2-1+. The molecule has 2 N–H and O–H groups in total. The molecule has 3 rings (SSSR count). The Bertz CT molecular complexity index is 836. The summed E-state index contributed by atoms with van der Waals surface area (Å²) in [6, 6.07) is 13.8. The van der Waals surface area contributed by atoms with Gasteiger partial charge in [0, 0.05) is 24.2 Å². The average molecular weight is 334 g/mol. The van der Waals surface area contributed by atoms with Crippen LogP contribution in [0.15, 0.2) is 60.7 Å². The summed E-state index contributed by atoms with van der Waals surface area (Å²) < 4.78 is 0. The molecule has 0 bridgehead atoms. The Morgan fingerprint density at radius 2 is 1.52 bits per heavy atom. The van der Waals surface area contributed by atoms with Crippen LogP contribution in [-0.2, 0) is 0 Å². The fourth-order valence-corrected chi connectivity index (χ4v) is 2.81. The number of fused-ring (bicyclic) bond motifs is 1. The second kappa shape index (κ2) is 7.13. The van der Waals surface area contributed by atoms with Gasteiger partial charge in [-0.05, 0) is 30.7 Å². The van der Waals surface area contributed by atoms with Gasteiger partial charge in [-0.2, -0.15) is 0 Å². The van der Waals surface area contributed by atoms with E-state index in [9.17, 15) is 14.4 Å². The number of para-hydroxylation sites is 1. The molecule has 1 aliphatic rings. The van der Waals surface area contributed by atoms with Crippen molar-refractivity contribution < 1.29 is 14.4 Å². The van der Waals surface area contributed by atoms with Crippen LogP contribution < -0.4 is 5.73 Å². The van der Waals surface area contributed by atoms with Gasteiger partial charge in [0.2, 0.25) is 0 Å². The lowest BCUT2D eigenvalue weighted by Crippen LogP contribution is -2.30. The van der Waals surface area contributed by atoms with Crippen molar-refractivity contribution in [3.05, 3.63) is 77.4 Å². The molecule has 2 aromatic rings. The van der Waals surface area contributed by atoms with Gasteiger partial charge in [0.1, 0.15) is 0 Å². The monoisotopic (exact) mass is 334 g/mol. The molecule has 126 valence electrons. The van der Waals surface area contributed by atoms with E-state index in [0.29, 0.717) is 35.3 Å². The van der Waals surface area contributed by atoms with E-state index in [1.807, 2.05) is 0 Å². The summed E-state index contributed by atoms with van der Waals surface area (Å²) in [5, 5.41) is 0. The number of hydrogen-bond acceptors (Lipinski definition) is 4. The predicted octanol–water partition coefficient (Wildman–Crippen LogP) is 3.08. The molecule has 2 aromatic carbocycles. The molecular weight excluding hydrogens is 316 g/mol. The first kappa shape index (κ1) is 16.6. The number of Topliss-reactive ketones (excluding diaryl/α,β-unsaturated/α-hetero) is 1. The average Bonchev–Trinajstić information content (AvgIpc) is 2.86. The van der Waals surface area contributed by atoms with Crippen molar-refractivity contribution in [2.24, 2.45) is 0 Å². The van der Waals surface area contributed by atoms with Crippen molar-refractivity contribution in [1.82, 2.24) is 4.90 Å². The highest BCUT2D eigenvalue weighted by molar-refractivity contribution is 6.21. The fourth-order valence-electron chi connectivity index (χ4n) is 2.81. The minimum Gasteiger partial charge on any atom is -0.398 e. The number of hydrogen-bond donors (Lipinski definition) is 1. The summed E-state index contributed by atoms with van der Waals surface area (Å²) in [6.45, 7) is 0.296. The highest BCUT2D eigenvalue weighted by atomic mass is 16.2. The highest BCUT2D eigenvalue weighted by Gasteiger charge is 2.34. The van der Waals surface area contributed by atoms with Crippen molar-refractivity contribution in [3.63, 3.8) is 0 Å². The van der Waals surface area contributed by atoms with E-state index in [2.05, 4.69) is 0 Å². The Morgan fingerprint density at radius 1 is 0.920 bits per heavy atom.